The Morgan fingerprint density at radius 1 is 0.879 bits per heavy atom. The van der Waals surface area contributed by atoms with E-state index in [-0.39, 0.29) is 25.0 Å². The zero-order valence-corrected chi connectivity index (χ0v) is 20.2. The lowest BCUT2D eigenvalue weighted by atomic mass is 10.1. The maximum Gasteiger partial charge on any atom is 0.261 e. The van der Waals surface area contributed by atoms with Crippen molar-refractivity contribution in [2.45, 2.75) is 26.1 Å². The van der Waals surface area contributed by atoms with E-state index >= 15 is 0 Å². The molecule has 0 radical (unpaired) electrons. The summed E-state index contributed by atoms with van der Waals surface area (Å²) < 4.78 is 5.62. The van der Waals surface area contributed by atoms with Gasteiger partial charge in [0.15, 0.2) is 6.61 Å². The van der Waals surface area contributed by atoms with Crippen molar-refractivity contribution < 1.29 is 14.3 Å². The normalized spacial score (nSPS) is 11.5. The summed E-state index contributed by atoms with van der Waals surface area (Å²) in [6.45, 7) is 1.96. The zero-order chi connectivity index (χ0) is 23.8. The molecule has 0 aliphatic carbocycles. The summed E-state index contributed by atoms with van der Waals surface area (Å²) in [5.74, 6) is -0.233. The van der Waals surface area contributed by atoms with Crippen molar-refractivity contribution in [2.75, 3.05) is 6.61 Å². The number of amides is 2. The van der Waals surface area contributed by atoms with Crippen molar-refractivity contribution in [3.05, 3.63) is 99.0 Å². The summed E-state index contributed by atoms with van der Waals surface area (Å²) >= 11 is 18.0. The molecule has 5 nitrogen and oxygen atoms in total. The van der Waals surface area contributed by atoms with E-state index in [2.05, 4.69) is 5.32 Å². The van der Waals surface area contributed by atoms with Gasteiger partial charge in [0.25, 0.3) is 5.91 Å². The second-order valence-corrected chi connectivity index (χ2v) is 8.67. The van der Waals surface area contributed by atoms with Gasteiger partial charge in [-0.2, -0.15) is 0 Å². The van der Waals surface area contributed by atoms with E-state index in [4.69, 9.17) is 39.5 Å². The van der Waals surface area contributed by atoms with Crippen LogP contribution in [0.2, 0.25) is 15.1 Å². The first-order valence-corrected chi connectivity index (χ1v) is 11.4. The van der Waals surface area contributed by atoms with E-state index in [1.54, 1.807) is 55.5 Å². The molecular weight excluding hydrogens is 483 g/mol. The van der Waals surface area contributed by atoms with Crippen molar-refractivity contribution in [3.8, 4) is 5.75 Å². The molecule has 1 atom stereocenters. The molecule has 3 aromatic rings. The third-order valence-corrected chi connectivity index (χ3v) is 5.82. The minimum atomic E-state index is -0.740. The highest BCUT2D eigenvalue weighted by Crippen LogP contribution is 2.23. The van der Waals surface area contributed by atoms with Gasteiger partial charge in [-0.1, -0.05) is 71.2 Å². The molecule has 2 amide bonds. The Labute approximate surface area is 208 Å². The summed E-state index contributed by atoms with van der Waals surface area (Å²) in [5.41, 5.74) is 1.74. The Bertz CT molecular complexity index is 1090. The van der Waals surface area contributed by atoms with Crippen LogP contribution in [0.3, 0.4) is 0 Å². The number of nitrogens with one attached hydrogen (secondary N) is 1. The molecule has 0 saturated heterocycles. The van der Waals surface area contributed by atoms with Gasteiger partial charge in [0.2, 0.25) is 5.91 Å². The quantitative estimate of drug-likeness (QED) is 0.402. The number of carbonyl (C=O) groups excluding carboxylic acids is 2. The van der Waals surface area contributed by atoms with E-state index in [0.29, 0.717) is 27.4 Å². The van der Waals surface area contributed by atoms with Gasteiger partial charge in [0.05, 0.1) is 5.02 Å². The molecule has 3 aromatic carbocycles. The smallest absolute Gasteiger partial charge is 0.261 e. The van der Waals surface area contributed by atoms with Crippen molar-refractivity contribution >= 4 is 46.6 Å². The van der Waals surface area contributed by atoms with Crippen LogP contribution in [-0.4, -0.2) is 29.4 Å². The minimum Gasteiger partial charge on any atom is -0.482 e. The lowest BCUT2D eigenvalue weighted by Crippen LogP contribution is -2.48. The van der Waals surface area contributed by atoms with Gasteiger partial charge >= 0.3 is 0 Å². The van der Waals surface area contributed by atoms with Crippen molar-refractivity contribution in [2.24, 2.45) is 0 Å². The average molecular weight is 506 g/mol. The standard InChI is InChI=1S/C25H23Cl3N2O3/c1-17(25(32)29-14-18-6-10-20(26)11-7-18)30(15-19-8-12-21(27)13-9-19)24(31)16-33-23-5-3-2-4-22(23)28/h2-13,17H,14-16H2,1H3,(H,29,32)/t17-/m1/s1. The average Bonchev–Trinajstić information content (AvgIpc) is 2.82. The Morgan fingerprint density at radius 3 is 2.06 bits per heavy atom. The van der Waals surface area contributed by atoms with Gasteiger partial charge in [-0.3, -0.25) is 9.59 Å². The number of para-hydroxylation sites is 1. The van der Waals surface area contributed by atoms with Crippen LogP contribution < -0.4 is 10.1 Å². The summed E-state index contributed by atoms with van der Waals surface area (Å²) in [7, 11) is 0. The van der Waals surface area contributed by atoms with Crippen LogP contribution >= 0.6 is 34.8 Å². The number of hydrogen-bond donors (Lipinski definition) is 1. The molecule has 0 fully saturated rings. The highest BCUT2D eigenvalue weighted by Gasteiger charge is 2.26. The monoisotopic (exact) mass is 504 g/mol. The first kappa shape index (κ1) is 24.9. The molecule has 0 heterocycles. The molecule has 1 N–H and O–H groups in total. The van der Waals surface area contributed by atoms with Crippen LogP contribution in [0, 0.1) is 0 Å². The predicted octanol–water partition coefficient (Wildman–Crippen LogP) is 5.76. The molecule has 0 bridgehead atoms. The van der Waals surface area contributed by atoms with Crippen LogP contribution in [0.25, 0.3) is 0 Å². The van der Waals surface area contributed by atoms with Gasteiger partial charge in [-0.15, -0.1) is 0 Å². The molecule has 172 valence electrons. The third-order valence-electron chi connectivity index (χ3n) is 5.00. The van der Waals surface area contributed by atoms with Gasteiger partial charge in [-0.05, 0) is 54.4 Å². The molecule has 0 aliphatic heterocycles. The fourth-order valence-electron chi connectivity index (χ4n) is 3.09. The molecule has 0 spiro atoms. The third kappa shape index (κ3) is 7.39. The number of ether oxygens (including phenoxy) is 1. The topological polar surface area (TPSA) is 58.6 Å². The second-order valence-electron chi connectivity index (χ2n) is 7.39. The highest BCUT2D eigenvalue weighted by molar-refractivity contribution is 6.32. The first-order chi connectivity index (χ1) is 15.8. The molecule has 0 saturated carbocycles. The fraction of sp³-hybridized carbons (Fsp3) is 0.200. The van der Waals surface area contributed by atoms with Crippen molar-refractivity contribution in [1.29, 1.82) is 0 Å². The number of carbonyl (C=O) groups is 2. The molecule has 33 heavy (non-hydrogen) atoms. The van der Waals surface area contributed by atoms with E-state index in [9.17, 15) is 9.59 Å². The lowest BCUT2D eigenvalue weighted by Gasteiger charge is -2.29. The predicted molar refractivity (Wildman–Crippen MR) is 132 cm³/mol. The van der Waals surface area contributed by atoms with Crippen molar-refractivity contribution in [3.63, 3.8) is 0 Å². The van der Waals surface area contributed by atoms with Crippen LogP contribution in [-0.2, 0) is 22.7 Å². The second kappa shape index (κ2) is 11.9. The van der Waals surface area contributed by atoms with Crippen LogP contribution in [0.5, 0.6) is 5.75 Å². The SMILES string of the molecule is C[C@H](C(=O)NCc1ccc(Cl)cc1)N(Cc1ccc(Cl)cc1)C(=O)COc1ccccc1Cl. The maximum absolute atomic E-state index is 13.1. The summed E-state index contributed by atoms with van der Waals surface area (Å²) in [6, 6.07) is 20.5. The zero-order valence-electron chi connectivity index (χ0n) is 17.9. The maximum atomic E-state index is 13.1. The summed E-state index contributed by atoms with van der Waals surface area (Å²) in [5, 5.41) is 4.49. The molecular formula is C25H23Cl3N2O3. The van der Waals surface area contributed by atoms with Crippen LogP contribution in [0.1, 0.15) is 18.1 Å². The first-order valence-electron chi connectivity index (χ1n) is 10.3. The van der Waals surface area contributed by atoms with E-state index in [1.807, 2.05) is 24.3 Å². The van der Waals surface area contributed by atoms with Crippen molar-refractivity contribution in [1.82, 2.24) is 10.2 Å². The molecule has 3 rings (SSSR count). The number of benzene rings is 3. The number of nitrogens with zero attached hydrogens (tertiary/aromatic N) is 1. The van der Waals surface area contributed by atoms with E-state index in [1.165, 1.54) is 4.90 Å². The molecule has 0 aromatic heterocycles. The Hall–Kier alpha value is -2.73. The van der Waals surface area contributed by atoms with Crippen LogP contribution in [0.15, 0.2) is 72.8 Å². The van der Waals surface area contributed by atoms with E-state index in [0.717, 1.165) is 11.1 Å². The van der Waals surface area contributed by atoms with Gasteiger partial charge in [0, 0.05) is 23.1 Å². The van der Waals surface area contributed by atoms with E-state index < -0.39 is 6.04 Å². The minimum absolute atomic E-state index is 0.220. The number of rotatable bonds is 9. The molecule has 0 aliphatic rings. The number of halogens is 3. The lowest BCUT2D eigenvalue weighted by molar-refractivity contribution is -0.142. The van der Waals surface area contributed by atoms with Gasteiger partial charge in [-0.25, -0.2) is 0 Å². The van der Waals surface area contributed by atoms with Gasteiger partial charge < -0.3 is 15.0 Å². The van der Waals surface area contributed by atoms with Gasteiger partial charge in [0.1, 0.15) is 11.8 Å². The summed E-state index contributed by atoms with van der Waals surface area (Å²) in [4.78, 5) is 27.5. The molecule has 8 heteroatoms. The fourth-order valence-corrected chi connectivity index (χ4v) is 3.53. The Kier molecular flexibility index (Phi) is 9.01. The Balaban J connectivity index is 1.70. The largest absolute Gasteiger partial charge is 0.482 e. The Morgan fingerprint density at radius 2 is 1.45 bits per heavy atom. The molecule has 0 unspecified atom stereocenters. The number of hydrogen-bond acceptors (Lipinski definition) is 3. The summed E-state index contributed by atoms with van der Waals surface area (Å²) in [6.07, 6.45) is 0. The highest BCUT2D eigenvalue weighted by atomic mass is 35.5. The van der Waals surface area contributed by atoms with Crippen LogP contribution in [0.4, 0.5) is 0 Å².